The summed E-state index contributed by atoms with van der Waals surface area (Å²) in [5.74, 6) is -0.158. The molecule has 1 N–H and O–H groups in total. The van der Waals surface area contributed by atoms with Gasteiger partial charge in [-0.05, 0) is 12.0 Å². The average molecular weight is 272 g/mol. The summed E-state index contributed by atoms with van der Waals surface area (Å²) in [4.78, 5) is 9.93. The zero-order valence-electron chi connectivity index (χ0n) is 10.1. The summed E-state index contributed by atoms with van der Waals surface area (Å²) in [5.41, 5.74) is 0.486. The Morgan fingerprint density at radius 3 is 2.39 bits per heavy atom. The Hall–Kier alpha value is -1.47. The van der Waals surface area contributed by atoms with Crippen LogP contribution in [0.5, 0.6) is 0 Å². The molecule has 0 fully saturated rings. The average Bonchev–Trinajstić information content (AvgIpc) is 2.29. The molecule has 0 bridgehead atoms. The minimum absolute atomic E-state index is 0.0462. The lowest BCUT2D eigenvalue weighted by atomic mass is 10.2. The van der Waals surface area contributed by atoms with Crippen LogP contribution in [0.25, 0.3) is 0 Å². The highest BCUT2D eigenvalue weighted by Gasteiger charge is 2.12. The summed E-state index contributed by atoms with van der Waals surface area (Å²) in [6.45, 7) is 2.40. The largest absolute Gasteiger partial charge is 0.269 e. The third kappa shape index (κ3) is 4.80. The predicted molar refractivity (Wildman–Crippen MR) is 68.6 cm³/mol. The van der Waals surface area contributed by atoms with Crippen LogP contribution in [0, 0.1) is 10.1 Å². The molecule has 6 nitrogen and oxygen atoms in total. The normalized spacial score (nSPS) is 11.4. The molecule has 0 aromatic heterocycles. The van der Waals surface area contributed by atoms with Gasteiger partial charge in [-0.1, -0.05) is 25.5 Å². The number of nitrogens with one attached hydrogen (secondary N) is 1. The van der Waals surface area contributed by atoms with Gasteiger partial charge in [-0.3, -0.25) is 10.1 Å². The Labute approximate surface area is 106 Å². The number of hydrogen-bond acceptors (Lipinski definition) is 4. The second-order valence-corrected chi connectivity index (χ2v) is 5.74. The maximum absolute atomic E-state index is 11.6. The fourth-order valence-electron chi connectivity index (χ4n) is 1.39. The number of nitro benzene ring substituents is 1. The van der Waals surface area contributed by atoms with E-state index >= 15 is 0 Å². The summed E-state index contributed by atoms with van der Waals surface area (Å²) in [5, 5.41) is 10.4. The molecule has 100 valence electrons. The summed E-state index contributed by atoms with van der Waals surface area (Å²) in [6.07, 6.45) is 1.71. The molecule has 0 saturated carbocycles. The zero-order chi connectivity index (χ0) is 13.6. The van der Waals surface area contributed by atoms with Crippen molar-refractivity contribution in [3.63, 3.8) is 0 Å². The quantitative estimate of drug-likeness (QED) is 0.465. The molecule has 0 spiro atoms. The van der Waals surface area contributed by atoms with E-state index < -0.39 is 14.9 Å². The second kappa shape index (κ2) is 6.46. The molecule has 7 heteroatoms. The number of non-ortho nitro benzene ring substituents is 1. The van der Waals surface area contributed by atoms with Crippen LogP contribution in [0.15, 0.2) is 24.3 Å². The van der Waals surface area contributed by atoms with Crippen molar-refractivity contribution in [3.05, 3.63) is 39.9 Å². The van der Waals surface area contributed by atoms with Crippen LogP contribution in [0.3, 0.4) is 0 Å². The highest BCUT2D eigenvalue weighted by molar-refractivity contribution is 7.88. The van der Waals surface area contributed by atoms with E-state index in [2.05, 4.69) is 4.72 Å². The number of nitrogens with zero attached hydrogens (tertiary/aromatic N) is 1. The lowest BCUT2D eigenvalue weighted by Crippen LogP contribution is -2.26. The highest BCUT2D eigenvalue weighted by Crippen LogP contribution is 2.13. The van der Waals surface area contributed by atoms with Gasteiger partial charge < -0.3 is 0 Å². The van der Waals surface area contributed by atoms with Gasteiger partial charge in [0.05, 0.1) is 10.7 Å². The van der Waals surface area contributed by atoms with Crippen molar-refractivity contribution in [3.8, 4) is 0 Å². The maximum Gasteiger partial charge on any atom is 0.269 e. The van der Waals surface area contributed by atoms with Gasteiger partial charge in [0.15, 0.2) is 0 Å². The Morgan fingerprint density at radius 1 is 1.28 bits per heavy atom. The van der Waals surface area contributed by atoms with Crippen molar-refractivity contribution < 1.29 is 13.3 Å². The zero-order valence-corrected chi connectivity index (χ0v) is 10.9. The summed E-state index contributed by atoms with van der Waals surface area (Å²) < 4.78 is 25.8. The van der Waals surface area contributed by atoms with E-state index in [1.807, 2.05) is 6.92 Å². The van der Waals surface area contributed by atoms with E-state index in [0.29, 0.717) is 12.1 Å². The minimum Gasteiger partial charge on any atom is -0.258 e. The van der Waals surface area contributed by atoms with Crippen LogP contribution in [0.2, 0.25) is 0 Å². The van der Waals surface area contributed by atoms with Crippen molar-refractivity contribution in [1.82, 2.24) is 4.72 Å². The van der Waals surface area contributed by atoms with Crippen LogP contribution in [0.1, 0.15) is 25.3 Å². The first-order chi connectivity index (χ1) is 8.44. The minimum atomic E-state index is -3.36. The first kappa shape index (κ1) is 14.6. The lowest BCUT2D eigenvalue weighted by Gasteiger charge is -2.05. The number of sulfonamides is 1. The topological polar surface area (TPSA) is 89.3 Å². The van der Waals surface area contributed by atoms with Gasteiger partial charge in [-0.25, -0.2) is 13.1 Å². The van der Waals surface area contributed by atoms with E-state index in [-0.39, 0.29) is 11.4 Å². The molecular formula is C11H16N2O4S. The first-order valence-corrected chi connectivity index (χ1v) is 7.30. The Morgan fingerprint density at radius 2 is 1.89 bits per heavy atom. The SMILES string of the molecule is CCCCNS(=O)(=O)Cc1ccc([N+](=O)[O-])cc1. The lowest BCUT2D eigenvalue weighted by molar-refractivity contribution is -0.384. The molecule has 1 rings (SSSR count). The van der Waals surface area contributed by atoms with Gasteiger partial charge in [0.1, 0.15) is 0 Å². The molecule has 0 aliphatic heterocycles. The predicted octanol–water partition coefficient (Wildman–Crippen LogP) is 1.81. The summed E-state index contributed by atoms with van der Waals surface area (Å²) >= 11 is 0. The third-order valence-electron chi connectivity index (χ3n) is 2.36. The monoisotopic (exact) mass is 272 g/mol. The highest BCUT2D eigenvalue weighted by atomic mass is 32.2. The van der Waals surface area contributed by atoms with Crippen LogP contribution in [-0.2, 0) is 15.8 Å². The Kier molecular flexibility index (Phi) is 5.24. The van der Waals surface area contributed by atoms with Crippen molar-refractivity contribution in [1.29, 1.82) is 0 Å². The maximum atomic E-state index is 11.6. The molecule has 1 aromatic carbocycles. The fraction of sp³-hybridized carbons (Fsp3) is 0.455. The number of rotatable bonds is 7. The molecule has 0 heterocycles. The fourth-order valence-corrected chi connectivity index (χ4v) is 2.58. The molecule has 0 saturated heterocycles. The summed E-state index contributed by atoms with van der Waals surface area (Å²) in [7, 11) is -3.36. The summed E-state index contributed by atoms with van der Waals surface area (Å²) in [6, 6.07) is 5.52. The molecule has 0 unspecified atom stereocenters. The molecule has 1 aromatic rings. The number of unbranched alkanes of at least 4 members (excludes halogenated alkanes) is 1. The third-order valence-corrected chi connectivity index (χ3v) is 3.71. The van der Waals surface area contributed by atoms with Crippen LogP contribution in [-0.4, -0.2) is 19.9 Å². The second-order valence-electron chi connectivity index (χ2n) is 3.93. The molecule has 0 amide bonds. The Balaban J connectivity index is 2.63. The van der Waals surface area contributed by atoms with Gasteiger partial charge in [0.2, 0.25) is 10.0 Å². The van der Waals surface area contributed by atoms with Gasteiger partial charge in [-0.2, -0.15) is 0 Å². The van der Waals surface area contributed by atoms with Gasteiger partial charge in [0.25, 0.3) is 5.69 Å². The molecule has 0 atom stereocenters. The number of nitro groups is 1. The van der Waals surface area contributed by atoms with Crippen LogP contribution < -0.4 is 4.72 Å². The van der Waals surface area contributed by atoms with Crippen molar-refractivity contribution in [2.45, 2.75) is 25.5 Å². The smallest absolute Gasteiger partial charge is 0.258 e. The van der Waals surface area contributed by atoms with E-state index in [1.165, 1.54) is 24.3 Å². The van der Waals surface area contributed by atoms with Gasteiger partial charge in [-0.15, -0.1) is 0 Å². The van der Waals surface area contributed by atoms with Crippen molar-refractivity contribution >= 4 is 15.7 Å². The van der Waals surface area contributed by atoms with Crippen molar-refractivity contribution in [2.24, 2.45) is 0 Å². The molecule has 0 aliphatic rings. The van der Waals surface area contributed by atoms with Crippen LogP contribution >= 0.6 is 0 Å². The molecule has 18 heavy (non-hydrogen) atoms. The van der Waals surface area contributed by atoms with E-state index in [1.54, 1.807) is 0 Å². The van der Waals surface area contributed by atoms with E-state index in [0.717, 1.165) is 12.8 Å². The molecule has 0 radical (unpaired) electrons. The molecule has 0 aliphatic carbocycles. The number of hydrogen-bond donors (Lipinski definition) is 1. The standard InChI is InChI=1S/C11H16N2O4S/c1-2-3-8-12-18(16,17)9-10-4-6-11(7-5-10)13(14)15/h4-7,12H,2-3,8-9H2,1H3. The van der Waals surface area contributed by atoms with Crippen molar-refractivity contribution in [2.75, 3.05) is 6.54 Å². The van der Waals surface area contributed by atoms with Gasteiger partial charge in [0, 0.05) is 18.7 Å². The molecular weight excluding hydrogens is 256 g/mol. The van der Waals surface area contributed by atoms with E-state index in [9.17, 15) is 18.5 Å². The van der Waals surface area contributed by atoms with Crippen LogP contribution in [0.4, 0.5) is 5.69 Å². The van der Waals surface area contributed by atoms with E-state index in [4.69, 9.17) is 0 Å². The van der Waals surface area contributed by atoms with Gasteiger partial charge >= 0.3 is 0 Å². The number of benzene rings is 1. The first-order valence-electron chi connectivity index (χ1n) is 5.65. The Bertz CT molecular complexity index is 496.